The van der Waals surface area contributed by atoms with Crippen LogP contribution in [0.2, 0.25) is 5.02 Å². The van der Waals surface area contributed by atoms with Gasteiger partial charge in [0.15, 0.2) is 11.9 Å². The van der Waals surface area contributed by atoms with Gasteiger partial charge in [-0.15, -0.1) is 5.10 Å². The second-order valence-corrected chi connectivity index (χ2v) is 9.80. The quantitative estimate of drug-likeness (QED) is 0.178. The highest BCUT2D eigenvalue weighted by Gasteiger charge is 2.41. The molecule has 2 aromatic carbocycles. The molecule has 0 unspecified atom stereocenters. The number of nitrogens with zero attached hydrogens (tertiary/aromatic N) is 5. The van der Waals surface area contributed by atoms with Crippen LogP contribution < -0.4 is 16.4 Å². The van der Waals surface area contributed by atoms with E-state index in [1.54, 1.807) is 29.2 Å². The molecule has 1 fully saturated rings. The number of alkyl halides is 3. The lowest BCUT2D eigenvalue weighted by Crippen LogP contribution is -2.47. The van der Waals surface area contributed by atoms with E-state index in [0.717, 1.165) is 6.42 Å². The fraction of sp³-hybridized carbons (Fsp3) is 0.346. The fourth-order valence-corrected chi connectivity index (χ4v) is 4.42. The van der Waals surface area contributed by atoms with Crippen molar-refractivity contribution in [2.45, 2.75) is 31.3 Å². The number of hydrogen-bond acceptors (Lipinski definition) is 6. The number of likely N-dealkylation sites (tertiary alicyclic amines) is 1. The highest BCUT2D eigenvalue weighted by atomic mass is 35.5. The molecule has 1 aliphatic rings. The molecule has 11 nitrogen and oxygen atoms in total. The second kappa shape index (κ2) is 12.7. The van der Waals surface area contributed by atoms with Crippen LogP contribution in [0.1, 0.15) is 28.2 Å². The number of carbonyl (C=O) groups excluding carboxylic acids is 2. The summed E-state index contributed by atoms with van der Waals surface area (Å²) in [5, 5.41) is 19.9. The Morgan fingerprint density at radius 2 is 1.93 bits per heavy atom. The predicted octanol–water partition coefficient (Wildman–Crippen LogP) is 1.91. The molecule has 41 heavy (non-hydrogen) atoms. The molecule has 2 heterocycles. The largest absolute Gasteiger partial charge is 0.436 e. The first-order valence-corrected chi connectivity index (χ1v) is 13.0. The van der Waals surface area contributed by atoms with Gasteiger partial charge in [-0.2, -0.15) is 17.7 Å². The molecule has 15 heteroatoms. The number of carbonyl (C=O) groups is 2. The van der Waals surface area contributed by atoms with Crippen molar-refractivity contribution in [3.63, 3.8) is 0 Å². The summed E-state index contributed by atoms with van der Waals surface area (Å²) in [4.78, 5) is 32.1. The average Bonchev–Trinajstić information content (AvgIpc) is 3.64. The van der Waals surface area contributed by atoms with Gasteiger partial charge in [0.2, 0.25) is 5.84 Å². The van der Waals surface area contributed by atoms with Crippen LogP contribution in [-0.4, -0.2) is 92.1 Å². The summed E-state index contributed by atoms with van der Waals surface area (Å²) < 4.78 is 41.3. The summed E-state index contributed by atoms with van der Waals surface area (Å²) in [6.07, 6.45) is -5.61. The van der Waals surface area contributed by atoms with Crippen LogP contribution in [0.4, 0.5) is 18.0 Å². The maximum Gasteiger partial charge on any atom is 0.436 e. The molecule has 0 aliphatic carbocycles. The number of likely N-dealkylation sites (N-methyl/N-ethyl adjacent to an activating group) is 1. The Morgan fingerprint density at radius 1 is 1.22 bits per heavy atom. The number of urea groups is 1. The number of benzene rings is 2. The molecule has 1 saturated heterocycles. The minimum absolute atomic E-state index is 0.124. The molecule has 1 aromatic heterocycles. The minimum Gasteiger partial charge on any atom is -0.381 e. The van der Waals surface area contributed by atoms with Gasteiger partial charge >= 0.3 is 12.2 Å². The van der Waals surface area contributed by atoms with Crippen molar-refractivity contribution in [2.24, 2.45) is 5.73 Å². The second-order valence-electron chi connectivity index (χ2n) is 9.37. The van der Waals surface area contributed by atoms with E-state index >= 15 is 0 Å². The lowest BCUT2D eigenvalue weighted by Gasteiger charge is -2.18. The van der Waals surface area contributed by atoms with E-state index in [9.17, 15) is 27.9 Å². The van der Waals surface area contributed by atoms with Crippen molar-refractivity contribution in [2.75, 3.05) is 26.7 Å². The van der Waals surface area contributed by atoms with Gasteiger partial charge in [0.25, 0.3) is 5.91 Å². The van der Waals surface area contributed by atoms with E-state index in [1.807, 2.05) is 7.05 Å². The van der Waals surface area contributed by atoms with Gasteiger partial charge in [0.1, 0.15) is 19.4 Å². The molecule has 218 valence electrons. The number of hydrogen-bond donors (Lipinski definition) is 4. The summed E-state index contributed by atoms with van der Waals surface area (Å²) >= 11 is 5.87. The minimum atomic E-state index is -4.98. The molecule has 3 aromatic rings. The highest BCUT2D eigenvalue weighted by molar-refractivity contribution is 6.30. The summed E-state index contributed by atoms with van der Waals surface area (Å²) in [6, 6.07) is 11.9. The van der Waals surface area contributed by atoms with Crippen molar-refractivity contribution >= 4 is 29.4 Å². The SMILES string of the molecule is CN[C@H]1CCN(C(=O)c2ccccc2-n2cnc(CNC(=O)/[N+](C[C@H](O)C(F)(F)F)=C(\N)c3ccc(Cl)cc3)n2)C1. The van der Waals surface area contributed by atoms with Crippen LogP contribution in [0.25, 0.3) is 5.69 Å². The first kappa shape index (κ1) is 30.0. The molecule has 1 aliphatic heterocycles. The number of nitrogens with one attached hydrogen (secondary N) is 2. The number of aromatic nitrogens is 3. The van der Waals surface area contributed by atoms with E-state index in [0.29, 0.717) is 33.9 Å². The lowest BCUT2D eigenvalue weighted by atomic mass is 10.1. The Hall–Kier alpha value is -4.01. The summed E-state index contributed by atoms with van der Waals surface area (Å²) in [7, 11) is 1.85. The van der Waals surface area contributed by atoms with Gasteiger partial charge in [-0.3, -0.25) is 10.1 Å². The fourth-order valence-electron chi connectivity index (χ4n) is 4.29. The Kier molecular flexibility index (Phi) is 9.25. The summed E-state index contributed by atoms with van der Waals surface area (Å²) in [5.41, 5.74) is 7.15. The third-order valence-electron chi connectivity index (χ3n) is 6.61. The number of aliphatic hydroxyl groups excluding tert-OH is 1. The van der Waals surface area contributed by atoms with Crippen LogP contribution in [0.15, 0.2) is 54.9 Å². The zero-order valence-corrected chi connectivity index (χ0v) is 22.7. The zero-order chi connectivity index (χ0) is 29.7. The van der Waals surface area contributed by atoms with E-state index in [1.165, 1.54) is 35.3 Å². The van der Waals surface area contributed by atoms with Crippen LogP contribution >= 0.6 is 11.6 Å². The van der Waals surface area contributed by atoms with Gasteiger partial charge < -0.3 is 21.1 Å². The zero-order valence-electron chi connectivity index (χ0n) is 22.0. The third kappa shape index (κ3) is 7.20. The molecule has 0 bridgehead atoms. The molecule has 2 atom stereocenters. The van der Waals surface area contributed by atoms with Crippen LogP contribution in [0.3, 0.4) is 0 Å². The predicted molar refractivity (Wildman–Crippen MR) is 144 cm³/mol. The third-order valence-corrected chi connectivity index (χ3v) is 6.86. The van der Waals surface area contributed by atoms with Crippen molar-refractivity contribution in [1.29, 1.82) is 0 Å². The molecule has 0 saturated carbocycles. The van der Waals surface area contributed by atoms with Crippen molar-refractivity contribution < 1.29 is 32.4 Å². The molecule has 0 spiro atoms. The molecular formula is C26H29ClF3N8O3+. The van der Waals surface area contributed by atoms with E-state index in [4.69, 9.17) is 17.3 Å². The molecule has 0 radical (unpaired) electrons. The highest BCUT2D eigenvalue weighted by Crippen LogP contribution is 2.21. The number of nitrogens with two attached hydrogens (primary N) is 1. The first-order valence-electron chi connectivity index (χ1n) is 12.6. The number of aliphatic hydroxyl groups is 1. The van der Waals surface area contributed by atoms with Crippen LogP contribution in [-0.2, 0) is 6.54 Å². The van der Waals surface area contributed by atoms with E-state index in [2.05, 4.69) is 20.7 Å². The Morgan fingerprint density at radius 3 is 2.59 bits per heavy atom. The van der Waals surface area contributed by atoms with Gasteiger partial charge in [-0.05, 0) is 49.9 Å². The smallest absolute Gasteiger partial charge is 0.381 e. The van der Waals surface area contributed by atoms with E-state index in [-0.39, 0.29) is 35.7 Å². The van der Waals surface area contributed by atoms with Crippen molar-refractivity contribution in [3.05, 3.63) is 76.8 Å². The standard InChI is InChI=1S/C26H28ClF3N8O3/c1-32-18-10-11-36(13-18)24(40)19-4-2-3-5-20(19)38-15-34-22(35-38)12-33-25(41)37(14-21(39)26(28,29)30)23(31)16-6-8-17(27)9-7-16/h2-9,15,18,21,31-32,39H,10-14H2,1H3,(H,33,41)/p+1/t18-,21-/m0/s1. The van der Waals surface area contributed by atoms with Gasteiger partial charge in [-0.25, -0.2) is 14.5 Å². The maximum absolute atomic E-state index is 13.2. The van der Waals surface area contributed by atoms with Crippen molar-refractivity contribution in [3.8, 4) is 5.69 Å². The monoisotopic (exact) mass is 593 g/mol. The Labute approximate surface area is 238 Å². The number of para-hydroxylation sites is 1. The Balaban J connectivity index is 1.52. The van der Waals surface area contributed by atoms with Crippen LogP contribution in [0.5, 0.6) is 0 Å². The Bertz CT molecular complexity index is 1430. The summed E-state index contributed by atoms with van der Waals surface area (Å²) in [6.45, 7) is -0.229. The van der Waals surface area contributed by atoms with E-state index < -0.39 is 24.9 Å². The topological polar surface area (TPSA) is 141 Å². The van der Waals surface area contributed by atoms with Gasteiger partial charge in [0, 0.05) is 29.7 Å². The average molecular weight is 594 g/mol. The molecule has 3 amide bonds. The van der Waals surface area contributed by atoms with Gasteiger partial charge in [-0.1, -0.05) is 23.7 Å². The molecular weight excluding hydrogens is 565 g/mol. The number of halogens is 4. The number of rotatable bonds is 8. The van der Waals surface area contributed by atoms with Gasteiger partial charge in [0.05, 0.1) is 11.3 Å². The number of amides is 3. The van der Waals surface area contributed by atoms with Crippen molar-refractivity contribution in [1.82, 2.24) is 30.3 Å². The summed E-state index contributed by atoms with van der Waals surface area (Å²) in [5.74, 6) is -0.356. The van der Waals surface area contributed by atoms with Crippen LogP contribution in [0, 0.1) is 0 Å². The maximum atomic E-state index is 13.2. The molecule has 4 rings (SSSR count). The first-order chi connectivity index (χ1) is 19.5. The normalized spacial score (nSPS) is 16.8. The molecule has 5 N–H and O–H groups in total. The lowest BCUT2D eigenvalue weighted by molar-refractivity contribution is -0.455. The number of amidine groups is 1.